The van der Waals surface area contributed by atoms with Crippen LogP contribution in [-0.4, -0.2) is 43.4 Å². The average molecular weight is 427 g/mol. The summed E-state index contributed by atoms with van der Waals surface area (Å²) in [7, 11) is 0. The molecule has 1 saturated carbocycles. The minimum Gasteiger partial charge on any atom is -0.351 e. The number of H-pyrrole nitrogens is 1. The average Bonchev–Trinajstić information content (AvgIpc) is 3.05. The third-order valence-electron chi connectivity index (χ3n) is 4.97. The molecule has 2 aromatic heterocycles. The first-order chi connectivity index (χ1) is 14.5. The number of nitrogens with zero attached hydrogens (tertiary/aromatic N) is 3. The number of rotatable bonds is 6. The molecule has 4 N–H and O–H groups in total. The number of thioether (sulfide) groups is 1. The zero-order valence-corrected chi connectivity index (χ0v) is 16.9. The van der Waals surface area contributed by atoms with Crippen molar-refractivity contribution in [1.29, 1.82) is 0 Å². The van der Waals surface area contributed by atoms with Crippen molar-refractivity contribution in [2.45, 2.75) is 44.3 Å². The zero-order valence-electron chi connectivity index (χ0n) is 16.1. The Bertz CT molecular complexity index is 1010. The minimum atomic E-state index is -0.402. The molecular weight excluding hydrogens is 406 g/mol. The minimum absolute atomic E-state index is 0.202. The van der Waals surface area contributed by atoms with Crippen LogP contribution in [0.2, 0.25) is 0 Å². The Morgan fingerprint density at radius 2 is 1.90 bits per heavy atom. The van der Waals surface area contributed by atoms with E-state index in [0.717, 1.165) is 43.1 Å². The number of hydrogen-bond acceptors (Lipinski definition) is 9. The van der Waals surface area contributed by atoms with Crippen LogP contribution in [0.3, 0.4) is 0 Å². The summed E-state index contributed by atoms with van der Waals surface area (Å²) < 4.78 is 0. The second-order valence-electron chi connectivity index (χ2n) is 7.14. The van der Waals surface area contributed by atoms with Gasteiger partial charge in [-0.15, -0.1) is 0 Å². The van der Waals surface area contributed by atoms with Crippen molar-refractivity contribution in [2.24, 2.45) is 0 Å². The third kappa shape index (κ3) is 5.30. The van der Waals surface area contributed by atoms with E-state index in [1.165, 1.54) is 6.07 Å². The van der Waals surface area contributed by atoms with Gasteiger partial charge in [-0.2, -0.15) is 5.10 Å². The van der Waals surface area contributed by atoms with Gasteiger partial charge in [0.25, 0.3) is 16.7 Å². The largest absolute Gasteiger partial charge is 0.351 e. The predicted octanol–water partition coefficient (Wildman–Crippen LogP) is 1.40. The van der Waals surface area contributed by atoms with Crippen LogP contribution in [0.25, 0.3) is 6.08 Å². The van der Waals surface area contributed by atoms with Gasteiger partial charge in [0.15, 0.2) is 0 Å². The summed E-state index contributed by atoms with van der Waals surface area (Å²) in [4.78, 5) is 43.0. The highest BCUT2D eigenvalue weighted by Gasteiger charge is 2.25. The summed E-state index contributed by atoms with van der Waals surface area (Å²) in [6.45, 7) is 0.619. The Hall–Kier alpha value is -3.05. The maximum absolute atomic E-state index is 11.7. The molecule has 2 fully saturated rings. The predicted molar refractivity (Wildman–Crippen MR) is 113 cm³/mol. The lowest BCUT2D eigenvalue weighted by Crippen LogP contribution is -2.37. The molecule has 0 radical (unpaired) electrons. The maximum Gasteiger partial charge on any atom is 0.290 e. The van der Waals surface area contributed by atoms with Gasteiger partial charge in [-0.3, -0.25) is 19.7 Å². The third-order valence-corrected chi connectivity index (χ3v) is 5.78. The van der Waals surface area contributed by atoms with E-state index in [0.29, 0.717) is 29.1 Å². The topological polar surface area (TPSA) is 142 Å². The number of anilines is 1. The molecule has 2 amide bonds. The smallest absolute Gasteiger partial charge is 0.290 e. The van der Waals surface area contributed by atoms with Gasteiger partial charge in [0.1, 0.15) is 0 Å². The summed E-state index contributed by atoms with van der Waals surface area (Å²) >= 11 is 0.866. The monoisotopic (exact) mass is 427 g/mol. The second kappa shape index (κ2) is 9.18. The number of hydrogen-bond donors (Lipinski definition) is 4. The van der Waals surface area contributed by atoms with Gasteiger partial charge in [-0.1, -0.05) is 0 Å². The zero-order chi connectivity index (χ0) is 20.9. The molecule has 0 spiro atoms. The summed E-state index contributed by atoms with van der Waals surface area (Å²) in [5, 5.41) is 15.1. The van der Waals surface area contributed by atoms with Crippen LogP contribution in [-0.2, 0) is 11.3 Å². The lowest BCUT2D eigenvalue weighted by molar-refractivity contribution is -0.115. The molecule has 0 atom stereocenters. The first-order valence-corrected chi connectivity index (χ1v) is 10.5. The molecule has 10 nitrogen and oxygen atoms in total. The van der Waals surface area contributed by atoms with Gasteiger partial charge in [0.2, 0.25) is 5.95 Å². The van der Waals surface area contributed by atoms with Gasteiger partial charge in [-0.25, -0.2) is 15.1 Å². The molecule has 0 unspecified atom stereocenters. The highest BCUT2D eigenvalue weighted by atomic mass is 32.2. The fourth-order valence-corrected chi connectivity index (χ4v) is 4.09. The molecule has 1 aliphatic heterocycles. The molecule has 2 aromatic rings. The van der Waals surface area contributed by atoms with Crippen LogP contribution in [0.15, 0.2) is 34.1 Å². The lowest BCUT2D eigenvalue weighted by atomic mass is 9.91. The van der Waals surface area contributed by atoms with E-state index in [-0.39, 0.29) is 16.8 Å². The van der Waals surface area contributed by atoms with Crippen molar-refractivity contribution in [1.82, 2.24) is 30.8 Å². The van der Waals surface area contributed by atoms with Gasteiger partial charge >= 0.3 is 0 Å². The normalized spacial score (nSPS) is 22.9. The summed E-state index contributed by atoms with van der Waals surface area (Å²) in [6, 6.07) is 5.56. The Kier molecular flexibility index (Phi) is 6.19. The Morgan fingerprint density at radius 1 is 1.10 bits per heavy atom. The van der Waals surface area contributed by atoms with Crippen molar-refractivity contribution in [3.63, 3.8) is 0 Å². The molecule has 11 heteroatoms. The number of amides is 2. The molecule has 1 aliphatic carbocycles. The van der Waals surface area contributed by atoms with Crippen LogP contribution >= 0.6 is 11.8 Å². The van der Waals surface area contributed by atoms with E-state index in [1.807, 2.05) is 0 Å². The summed E-state index contributed by atoms with van der Waals surface area (Å²) in [6.07, 6.45) is 7.17. The quantitative estimate of drug-likeness (QED) is 0.503. The Balaban J connectivity index is 1.27. The Labute approximate surface area is 176 Å². The fourth-order valence-electron chi connectivity index (χ4n) is 3.42. The number of carbonyl (C=O) groups is 2. The Morgan fingerprint density at radius 3 is 2.60 bits per heavy atom. The molecule has 30 heavy (non-hydrogen) atoms. The van der Waals surface area contributed by atoms with Gasteiger partial charge in [0, 0.05) is 30.9 Å². The van der Waals surface area contributed by atoms with Crippen LogP contribution in [0.4, 0.5) is 10.7 Å². The van der Waals surface area contributed by atoms with Crippen molar-refractivity contribution in [3.05, 3.63) is 51.0 Å². The van der Waals surface area contributed by atoms with Gasteiger partial charge < -0.3 is 10.6 Å². The molecule has 0 aromatic carbocycles. The SMILES string of the molecule is O=C1NC(=O)C(=Cc2ccnc(NC3CCC(NCc4ccc(=O)[nH]n4)CC3)n2)S1. The number of imide groups is 1. The van der Waals surface area contributed by atoms with Crippen LogP contribution < -0.4 is 21.5 Å². The van der Waals surface area contributed by atoms with E-state index in [9.17, 15) is 14.4 Å². The molecule has 4 rings (SSSR count). The highest BCUT2D eigenvalue weighted by molar-refractivity contribution is 8.18. The number of aromatic amines is 1. The van der Waals surface area contributed by atoms with Crippen molar-refractivity contribution < 1.29 is 9.59 Å². The molecule has 0 bridgehead atoms. The van der Waals surface area contributed by atoms with E-state index < -0.39 is 5.91 Å². The van der Waals surface area contributed by atoms with Crippen molar-refractivity contribution in [2.75, 3.05) is 5.32 Å². The highest BCUT2D eigenvalue weighted by Crippen LogP contribution is 2.25. The van der Waals surface area contributed by atoms with Crippen LogP contribution in [0.5, 0.6) is 0 Å². The molecule has 156 valence electrons. The first kappa shape index (κ1) is 20.2. The molecular formula is C19H21N7O3S. The van der Waals surface area contributed by atoms with Crippen molar-refractivity contribution in [3.8, 4) is 0 Å². The number of nitrogens with one attached hydrogen (secondary N) is 4. The van der Waals surface area contributed by atoms with E-state index in [4.69, 9.17) is 0 Å². The maximum atomic E-state index is 11.7. The van der Waals surface area contributed by atoms with E-state index in [2.05, 4.69) is 36.1 Å². The van der Waals surface area contributed by atoms with Crippen LogP contribution in [0.1, 0.15) is 37.1 Å². The van der Waals surface area contributed by atoms with Gasteiger partial charge in [-0.05, 0) is 55.7 Å². The summed E-state index contributed by atoms with van der Waals surface area (Å²) in [5.74, 6) is 0.105. The fraction of sp³-hybridized carbons (Fsp3) is 0.368. The van der Waals surface area contributed by atoms with Crippen LogP contribution in [0, 0.1) is 0 Å². The van der Waals surface area contributed by atoms with E-state index >= 15 is 0 Å². The summed E-state index contributed by atoms with van der Waals surface area (Å²) in [5.41, 5.74) is 1.18. The second-order valence-corrected chi connectivity index (χ2v) is 8.16. The standard InChI is InChI=1S/C19H21N7O3S/c27-16-6-5-14(25-26-16)10-21-11-1-3-12(4-2-11)22-18-20-8-7-13(23-18)9-15-17(28)24-19(29)30-15/h5-9,11-12,21H,1-4,10H2,(H,26,27)(H,20,22,23)(H,24,28,29). The molecule has 3 heterocycles. The number of aromatic nitrogens is 4. The van der Waals surface area contributed by atoms with E-state index in [1.54, 1.807) is 24.4 Å². The van der Waals surface area contributed by atoms with Gasteiger partial charge in [0.05, 0.1) is 16.3 Å². The van der Waals surface area contributed by atoms with Crippen molar-refractivity contribution >= 4 is 34.9 Å². The molecule has 2 aliphatic rings. The molecule has 1 saturated heterocycles. The number of carbonyl (C=O) groups excluding carboxylic acids is 2. The first-order valence-electron chi connectivity index (χ1n) is 9.67. The lowest BCUT2D eigenvalue weighted by Gasteiger charge is -2.29.